The van der Waals surface area contributed by atoms with Crippen LogP contribution in [0, 0.1) is 0 Å². The Kier molecular flexibility index (Phi) is 4.96. The molecule has 10 heavy (non-hydrogen) atoms. The molecule has 0 saturated carbocycles. The van der Waals surface area contributed by atoms with Gasteiger partial charge in [0.25, 0.3) is 0 Å². The zero-order valence-electron chi connectivity index (χ0n) is 6.67. The van der Waals surface area contributed by atoms with Crippen molar-refractivity contribution in [2.24, 2.45) is 5.73 Å². The Labute approximate surface area is 62.4 Å². The number of unbranched alkanes of at least 4 members (excludes halogenated alkanes) is 1. The van der Waals surface area contributed by atoms with Crippen molar-refractivity contribution in [3.8, 4) is 0 Å². The molecule has 0 aliphatic carbocycles. The van der Waals surface area contributed by atoms with Gasteiger partial charge in [0.15, 0.2) is 7.37 Å². The van der Waals surface area contributed by atoms with E-state index >= 15 is 0 Å². The van der Waals surface area contributed by atoms with Crippen molar-refractivity contribution in [1.82, 2.24) is 0 Å². The average molecular weight is 165 g/mol. The van der Waals surface area contributed by atoms with Gasteiger partial charge in [-0.25, -0.2) is 0 Å². The fourth-order valence-electron chi connectivity index (χ4n) is 0.531. The van der Waals surface area contributed by atoms with E-state index in [1.165, 1.54) is 0 Å². The summed E-state index contributed by atoms with van der Waals surface area (Å²) in [7, 11) is -2.25. The van der Waals surface area contributed by atoms with Gasteiger partial charge in [-0.1, -0.05) is 0 Å². The molecular weight excluding hydrogens is 149 g/mol. The van der Waals surface area contributed by atoms with E-state index in [0.717, 1.165) is 12.8 Å². The van der Waals surface area contributed by atoms with Crippen LogP contribution >= 0.6 is 7.37 Å². The summed E-state index contributed by atoms with van der Waals surface area (Å²) < 4.78 is 16.0. The lowest BCUT2D eigenvalue weighted by Crippen LogP contribution is -2.00. The molecule has 0 aromatic heterocycles. The number of nitrogens with two attached hydrogens (primary N) is 1. The number of hydrogen-bond donors (Lipinski definition) is 1. The largest absolute Gasteiger partial charge is 0.330 e. The van der Waals surface area contributed by atoms with Crippen LogP contribution < -0.4 is 5.73 Å². The van der Waals surface area contributed by atoms with Gasteiger partial charge in [-0.3, -0.25) is 4.57 Å². The third-order valence-corrected chi connectivity index (χ3v) is 1.81. The summed E-state index contributed by atoms with van der Waals surface area (Å²) in [4.78, 5) is 0. The molecule has 0 aliphatic heterocycles. The van der Waals surface area contributed by atoms with Crippen LogP contribution in [0.3, 0.4) is 0 Å². The van der Waals surface area contributed by atoms with Crippen LogP contribution in [0.25, 0.3) is 0 Å². The summed E-state index contributed by atoms with van der Waals surface area (Å²) in [5.74, 6) is 0. The molecule has 0 aliphatic rings. The van der Waals surface area contributed by atoms with E-state index in [4.69, 9.17) is 10.3 Å². The zero-order chi connectivity index (χ0) is 8.04. The normalized spacial score (nSPS) is 11.9. The van der Waals surface area contributed by atoms with Crippen molar-refractivity contribution >= 4 is 7.37 Å². The minimum atomic E-state index is -2.25. The molecule has 0 bridgehead atoms. The SMILES string of the molecule is CP(C)(=O)OCCCCN. The summed E-state index contributed by atoms with van der Waals surface area (Å²) in [6.07, 6.45) is 1.85. The van der Waals surface area contributed by atoms with Crippen molar-refractivity contribution in [3.63, 3.8) is 0 Å². The van der Waals surface area contributed by atoms with Gasteiger partial charge in [0, 0.05) is 13.3 Å². The highest BCUT2D eigenvalue weighted by Gasteiger charge is 2.04. The highest BCUT2D eigenvalue weighted by molar-refractivity contribution is 7.57. The summed E-state index contributed by atoms with van der Waals surface area (Å²) in [5, 5.41) is 0. The molecule has 2 N–H and O–H groups in total. The third-order valence-electron chi connectivity index (χ3n) is 1.00. The van der Waals surface area contributed by atoms with Crippen LogP contribution in [0.2, 0.25) is 0 Å². The Balaban J connectivity index is 3.13. The third kappa shape index (κ3) is 8.15. The second-order valence-corrected chi connectivity index (χ2v) is 5.34. The van der Waals surface area contributed by atoms with E-state index < -0.39 is 7.37 Å². The van der Waals surface area contributed by atoms with Crippen molar-refractivity contribution in [1.29, 1.82) is 0 Å². The lowest BCUT2D eigenvalue weighted by atomic mass is 10.3. The fourth-order valence-corrected chi connectivity index (χ4v) is 1.10. The van der Waals surface area contributed by atoms with E-state index in [1.54, 1.807) is 13.3 Å². The van der Waals surface area contributed by atoms with E-state index in [0.29, 0.717) is 13.2 Å². The monoisotopic (exact) mass is 165 g/mol. The van der Waals surface area contributed by atoms with Gasteiger partial charge in [-0.15, -0.1) is 0 Å². The first kappa shape index (κ1) is 10.2. The number of hydrogen-bond acceptors (Lipinski definition) is 3. The first-order valence-corrected chi connectivity index (χ1v) is 5.98. The summed E-state index contributed by atoms with van der Waals surface area (Å²) in [5.41, 5.74) is 5.25. The van der Waals surface area contributed by atoms with Gasteiger partial charge in [-0.2, -0.15) is 0 Å². The Morgan fingerprint density at radius 2 is 2.00 bits per heavy atom. The van der Waals surface area contributed by atoms with Gasteiger partial charge >= 0.3 is 0 Å². The van der Waals surface area contributed by atoms with Gasteiger partial charge in [0.1, 0.15) is 0 Å². The second kappa shape index (κ2) is 4.89. The molecule has 0 spiro atoms. The molecule has 0 fully saturated rings. The molecule has 0 unspecified atom stereocenters. The molecule has 4 heteroatoms. The van der Waals surface area contributed by atoms with Crippen molar-refractivity contribution < 1.29 is 9.09 Å². The molecule has 0 radical (unpaired) electrons. The number of rotatable bonds is 5. The lowest BCUT2D eigenvalue weighted by Gasteiger charge is -2.06. The molecule has 0 rings (SSSR count). The predicted molar refractivity (Wildman–Crippen MR) is 43.7 cm³/mol. The van der Waals surface area contributed by atoms with Crippen LogP contribution in [0.4, 0.5) is 0 Å². The van der Waals surface area contributed by atoms with E-state index in [1.807, 2.05) is 0 Å². The first-order chi connectivity index (χ1) is 4.56. The highest BCUT2D eigenvalue weighted by Crippen LogP contribution is 2.37. The van der Waals surface area contributed by atoms with Crippen molar-refractivity contribution in [3.05, 3.63) is 0 Å². The molecule has 0 aromatic carbocycles. The molecule has 0 amide bonds. The van der Waals surface area contributed by atoms with Crippen LogP contribution in [0.5, 0.6) is 0 Å². The highest BCUT2D eigenvalue weighted by atomic mass is 31.2. The minimum absolute atomic E-state index is 0.571. The summed E-state index contributed by atoms with van der Waals surface area (Å²) in [6.45, 7) is 4.49. The molecule has 62 valence electrons. The maximum Gasteiger partial charge on any atom is 0.197 e. The smallest absolute Gasteiger partial charge is 0.197 e. The van der Waals surface area contributed by atoms with Gasteiger partial charge in [0.05, 0.1) is 6.61 Å². The maximum absolute atomic E-state index is 10.9. The maximum atomic E-state index is 10.9. The standard InChI is InChI=1S/C6H16NO2P/c1-10(2,8)9-6-4-3-5-7/h3-7H2,1-2H3. The molecule has 0 heterocycles. The van der Waals surface area contributed by atoms with Crippen LogP contribution in [-0.2, 0) is 9.09 Å². The van der Waals surface area contributed by atoms with Gasteiger partial charge < -0.3 is 10.3 Å². The molecule has 0 aromatic rings. The van der Waals surface area contributed by atoms with Crippen LogP contribution in [0.1, 0.15) is 12.8 Å². The minimum Gasteiger partial charge on any atom is -0.330 e. The topological polar surface area (TPSA) is 52.3 Å². The van der Waals surface area contributed by atoms with E-state index in [2.05, 4.69) is 0 Å². The van der Waals surface area contributed by atoms with E-state index in [-0.39, 0.29) is 0 Å². The summed E-state index contributed by atoms with van der Waals surface area (Å²) in [6, 6.07) is 0. The Morgan fingerprint density at radius 1 is 1.40 bits per heavy atom. The van der Waals surface area contributed by atoms with Crippen molar-refractivity contribution in [2.45, 2.75) is 12.8 Å². The Bertz CT molecular complexity index is 121. The predicted octanol–water partition coefficient (Wildman–Crippen LogP) is 1.28. The van der Waals surface area contributed by atoms with Gasteiger partial charge in [-0.05, 0) is 19.4 Å². The fraction of sp³-hybridized carbons (Fsp3) is 1.00. The van der Waals surface area contributed by atoms with Crippen molar-refractivity contribution in [2.75, 3.05) is 26.5 Å². The second-order valence-electron chi connectivity index (χ2n) is 2.58. The zero-order valence-corrected chi connectivity index (χ0v) is 7.56. The van der Waals surface area contributed by atoms with Crippen LogP contribution in [-0.4, -0.2) is 26.5 Å². The Hall–Kier alpha value is 0.150. The molecule has 0 atom stereocenters. The lowest BCUT2D eigenvalue weighted by molar-refractivity contribution is 0.311. The molecule has 3 nitrogen and oxygen atoms in total. The van der Waals surface area contributed by atoms with E-state index in [9.17, 15) is 4.57 Å². The average Bonchev–Trinajstić information content (AvgIpc) is 1.78. The molecule has 0 saturated heterocycles. The Morgan fingerprint density at radius 3 is 2.40 bits per heavy atom. The van der Waals surface area contributed by atoms with Crippen LogP contribution in [0.15, 0.2) is 0 Å². The van der Waals surface area contributed by atoms with Gasteiger partial charge in [0.2, 0.25) is 0 Å². The first-order valence-electron chi connectivity index (χ1n) is 3.46. The quantitative estimate of drug-likeness (QED) is 0.493. The molecular formula is C6H16NO2P. The summed E-state index contributed by atoms with van der Waals surface area (Å²) >= 11 is 0.